The van der Waals surface area contributed by atoms with Crippen molar-refractivity contribution >= 4 is 36.1 Å². The Kier molecular flexibility index (Phi) is 11.6. The Morgan fingerprint density at radius 2 is 1.65 bits per heavy atom. The van der Waals surface area contributed by atoms with Gasteiger partial charge in [0.1, 0.15) is 11.4 Å². The lowest BCUT2D eigenvalue weighted by Crippen LogP contribution is -2.60. The molecule has 2 saturated heterocycles. The molecule has 3 heterocycles. The summed E-state index contributed by atoms with van der Waals surface area (Å²) in [5.41, 5.74) is 11.3. The quantitative estimate of drug-likeness (QED) is 0.258. The minimum Gasteiger partial charge on any atom is -0.394 e. The molecular formula is C28H42ClN9O5. The third kappa shape index (κ3) is 8.74. The number of anilines is 1. The van der Waals surface area contributed by atoms with Crippen molar-refractivity contribution in [2.75, 3.05) is 51.2 Å². The second-order valence-corrected chi connectivity index (χ2v) is 11.3. The van der Waals surface area contributed by atoms with E-state index in [1.54, 1.807) is 19.2 Å². The predicted octanol–water partition coefficient (Wildman–Crippen LogP) is -0.532. The second-order valence-electron chi connectivity index (χ2n) is 11.3. The van der Waals surface area contributed by atoms with Crippen molar-refractivity contribution in [1.82, 2.24) is 29.6 Å². The number of carbonyl (C=O) groups excluding carboxylic acids is 3. The molecule has 2 aromatic rings. The van der Waals surface area contributed by atoms with Crippen LogP contribution < -0.4 is 27.8 Å². The average molecular weight is 620 g/mol. The molecule has 0 spiro atoms. The number of aliphatic hydroxyl groups excluding tert-OH is 1. The van der Waals surface area contributed by atoms with Crippen LogP contribution in [0.2, 0.25) is 0 Å². The number of likely N-dealkylation sites (tertiary alicyclic amines) is 1. The lowest BCUT2D eigenvalue weighted by Gasteiger charge is -2.37. The number of piperazine rings is 1. The zero-order valence-corrected chi connectivity index (χ0v) is 25.4. The first-order chi connectivity index (χ1) is 20.0. The first-order valence-electron chi connectivity index (χ1n) is 14.2. The highest BCUT2D eigenvalue weighted by Gasteiger charge is 2.34. The van der Waals surface area contributed by atoms with Crippen LogP contribution >= 0.6 is 12.4 Å². The fourth-order valence-electron chi connectivity index (χ4n) is 4.99. The molecule has 0 radical (unpaired) electrons. The minimum absolute atomic E-state index is 0. The van der Waals surface area contributed by atoms with E-state index in [0.29, 0.717) is 5.69 Å². The summed E-state index contributed by atoms with van der Waals surface area (Å²) in [4.78, 5) is 59.1. The van der Waals surface area contributed by atoms with E-state index in [1.807, 2.05) is 24.3 Å². The molecule has 2 atom stereocenters. The standard InChI is InChI=1S/C28H41N9O5.ClH/c1-19(29)24(39)31-21-7-10-34(11-8-21)17-20-3-5-22(6-4-20)37-12-9-23(33-27(37)42)32-26(41)36-15-13-35(14-16-36)25(40)28(2,30)18-38;/h3-6,9,12,19,21,38H,7-8,10-11,13-18,29-30H2,1-2H3,(H,31,39)(H,32,33,41,42);1H. The SMILES string of the molecule is CC(N)C(=O)NC1CCN(Cc2ccc(-n3ccc(NC(=O)N4CCN(C(=O)C(C)(N)CO)CC4)nc3=O)cc2)CC1.Cl. The van der Waals surface area contributed by atoms with Crippen molar-refractivity contribution in [3.05, 3.63) is 52.6 Å². The van der Waals surface area contributed by atoms with Gasteiger partial charge in [-0.15, -0.1) is 12.4 Å². The zero-order chi connectivity index (χ0) is 30.4. The minimum atomic E-state index is -1.36. The number of benzene rings is 1. The number of urea groups is 1. The highest BCUT2D eigenvalue weighted by Crippen LogP contribution is 2.16. The van der Waals surface area contributed by atoms with Gasteiger partial charge in [0.25, 0.3) is 0 Å². The monoisotopic (exact) mass is 619 g/mol. The van der Waals surface area contributed by atoms with Crippen molar-refractivity contribution in [3.63, 3.8) is 0 Å². The van der Waals surface area contributed by atoms with Gasteiger partial charge in [0.05, 0.1) is 18.3 Å². The Bertz CT molecular complexity index is 1320. The molecule has 7 N–H and O–H groups in total. The maximum absolute atomic E-state index is 12.8. The molecule has 43 heavy (non-hydrogen) atoms. The Hall–Kier alpha value is -3.56. The topological polar surface area (TPSA) is 192 Å². The van der Waals surface area contributed by atoms with Crippen molar-refractivity contribution < 1.29 is 19.5 Å². The van der Waals surface area contributed by atoms with Crippen LogP contribution in [0, 0.1) is 0 Å². The van der Waals surface area contributed by atoms with Gasteiger partial charge >= 0.3 is 11.7 Å². The van der Waals surface area contributed by atoms with Crippen molar-refractivity contribution in [2.45, 2.75) is 50.9 Å². The Morgan fingerprint density at radius 3 is 2.21 bits per heavy atom. The van der Waals surface area contributed by atoms with Gasteiger partial charge in [-0.3, -0.25) is 24.4 Å². The molecule has 14 nitrogen and oxygen atoms in total. The molecule has 4 amide bonds. The summed E-state index contributed by atoms with van der Waals surface area (Å²) in [6.07, 6.45) is 3.30. The number of rotatable bonds is 8. The molecule has 1 aromatic heterocycles. The van der Waals surface area contributed by atoms with Gasteiger partial charge in [-0.05, 0) is 50.5 Å². The van der Waals surface area contributed by atoms with Crippen LogP contribution in [0.1, 0.15) is 32.3 Å². The smallest absolute Gasteiger partial charge is 0.354 e. The van der Waals surface area contributed by atoms with Crippen LogP contribution in [-0.4, -0.2) is 111 Å². The summed E-state index contributed by atoms with van der Waals surface area (Å²) >= 11 is 0. The van der Waals surface area contributed by atoms with Crippen molar-refractivity contribution in [2.24, 2.45) is 11.5 Å². The van der Waals surface area contributed by atoms with Crippen LogP contribution in [0.25, 0.3) is 5.69 Å². The van der Waals surface area contributed by atoms with Crippen LogP contribution in [0.3, 0.4) is 0 Å². The third-order valence-corrected chi connectivity index (χ3v) is 7.68. The van der Waals surface area contributed by atoms with Gasteiger partial charge in [0.2, 0.25) is 11.8 Å². The molecule has 2 unspecified atom stereocenters. The average Bonchev–Trinajstić information content (AvgIpc) is 2.98. The van der Waals surface area contributed by atoms with E-state index in [0.717, 1.165) is 38.0 Å². The second kappa shape index (κ2) is 14.8. The number of hydrogen-bond acceptors (Lipinski definition) is 9. The molecular weight excluding hydrogens is 578 g/mol. The highest BCUT2D eigenvalue weighted by molar-refractivity contribution is 5.89. The van der Waals surface area contributed by atoms with Gasteiger partial charge in [-0.2, -0.15) is 4.98 Å². The molecule has 0 aliphatic carbocycles. The van der Waals surface area contributed by atoms with E-state index in [9.17, 15) is 24.3 Å². The fourth-order valence-corrected chi connectivity index (χ4v) is 4.99. The van der Waals surface area contributed by atoms with Crippen LogP contribution in [-0.2, 0) is 16.1 Å². The molecule has 0 saturated carbocycles. The number of nitrogens with one attached hydrogen (secondary N) is 2. The highest BCUT2D eigenvalue weighted by atomic mass is 35.5. The van der Waals surface area contributed by atoms with Crippen LogP contribution in [0.4, 0.5) is 10.6 Å². The maximum atomic E-state index is 12.8. The van der Waals surface area contributed by atoms with Crippen LogP contribution in [0.15, 0.2) is 41.3 Å². The van der Waals surface area contributed by atoms with E-state index in [2.05, 4.69) is 20.5 Å². The third-order valence-electron chi connectivity index (χ3n) is 7.68. The molecule has 2 aliphatic heterocycles. The van der Waals surface area contributed by atoms with Crippen molar-refractivity contribution in [1.29, 1.82) is 0 Å². The summed E-state index contributed by atoms with van der Waals surface area (Å²) in [6, 6.07) is 8.44. The fraction of sp³-hybridized carbons (Fsp3) is 0.536. The molecule has 236 valence electrons. The van der Waals surface area contributed by atoms with E-state index in [-0.39, 0.29) is 62.3 Å². The largest absolute Gasteiger partial charge is 0.394 e. The summed E-state index contributed by atoms with van der Waals surface area (Å²) in [5.74, 6) is -0.354. The van der Waals surface area contributed by atoms with Crippen molar-refractivity contribution in [3.8, 4) is 5.69 Å². The molecule has 1 aromatic carbocycles. The first kappa shape index (κ1) is 33.9. The zero-order valence-electron chi connectivity index (χ0n) is 24.6. The van der Waals surface area contributed by atoms with Gasteiger partial charge in [-0.25, -0.2) is 9.59 Å². The molecule has 0 bridgehead atoms. The number of hydrogen-bond donors (Lipinski definition) is 5. The lowest BCUT2D eigenvalue weighted by atomic mass is 10.0. The van der Waals surface area contributed by atoms with E-state index in [1.165, 1.54) is 21.3 Å². The number of nitrogens with zero attached hydrogens (tertiary/aromatic N) is 5. The number of aromatic nitrogens is 2. The Morgan fingerprint density at radius 1 is 1.05 bits per heavy atom. The van der Waals surface area contributed by atoms with E-state index < -0.39 is 29.9 Å². The Balaban J connectivity index is 0.00000506. The van der Waals surface area contributed by atoms with E-state index >= 15 is 0 Å². The summed E-state index contributed by atoms with van der Waals surface area (Å²) in [7, 11) is 0. The molecule has 15 heteroatoms. The Labute approximate surface area is 256 Å². The number of piperidine rings is 1. The van der Waals surface area contributed by atoms with Crippen LogP contribution in [0.5, 0.6) is 0 Å². The van der Waals surface area contributed by atoms with E-state index in [4.69, 9.17) is 11.5 Å². The summed E-state index contributed by atoms with van der Waals surface area (Å²) < 4.78 is 1.40. The number of amides is 4. The number of halogens is 1. The molecule has 2 aliphatic rings. The summed E-state index contributed by atoms with van der Waals surface area (Å²) in [6.45, 7) is 6.32. The maximum Gasteiger partial charge on any atom is 0.354 e. The predicted molar refractivity (Wildman–Crippen MR) is 164 cm³/mol. The normalized spacial score (nSPS) is 18.3. The first-order valence-corrected chi connectivity index (χ1v) is 14.2. The summed E-state index contributed by atoms with van der Waals surface area (Å²) in [5, 5.41) is 15.0. The molecule has 2 fully saturated rings. The number of nitrogens with two attached hydrogens (primary N) is 2. The van der Waals surface area contributed by atoms with Gasteiger partial charge in [0.15, 0.2) is 0 Å². The number of aliphatic hydroxyl groups is 1. The molecule has 4 rings (SSSR count). The lowest BCUT2D eigenvalue weighted by molar-refractivity contribution is -0.139. The van der Waals surface area contributed by atoms with Gasteiger partial charge < -0.3 is 31.7 Å². The van der Waals surface area contributed by atoms with Gasteiger partial charge in [0, 0.05) is 58.1 Å². The van der Waals surface area contributed by atoms with Gasteiger partial charge in [-0.1, -0.05) is 12.1 Å². The number of carbonyl (C=O) groups is 3.